The highest BCUT2D eigenvalue weighted by Crippen LogP contribution is 2.51. The van der Waals surface area contributed by atoms with Gasteiger partial charge in [0.25, 0.3) is 0 Å². The fraction of sp³-hybridized carbons (Fsp3) is 0.296. The van der Waals surface area contributed by atoms with Gasteiger partial charge in [-0.25, -0.2) is 8.42 Å². The molecule has 0 radical (unpaired) electrons. The molecule has 2 heterocycles. The molecule has 2 aliphatic heterocycles. The Hall–Kier alpha value is -3.38. The van der Waals surface area contributed by atoms with Crippen molar-refractivity contribution in [1.29, 1.82) is 5.26 Å². The van der Waals surface area contributed by atoms with Gasteiger partial charge in [-0.3, -0.25) is 0 Å². The molecule has 8 heteroatoms. The lowest BCUT2D eigenvalue weighted by atomic mass is 9.81. The average molecular weight is 490 g/mol. The number of aliphatic hydroxyl groups is 1. The van der Waals surface area contributed by atoms with Crippen molar-refractivity contribution in [2.75, 3.05) is 32.2 Å². The van der Waals surface area contributed by atoms with Gasteiger partial charge in [0.1, 0.15) is 10.6 Å². The van der Waals surface area contributed by atoms with Gasteiger partial charge in [-0.05, 0) is 59.5 Å². The largest absolute Gasteiger partial charge is 0.495 e. The van der Waals surface area contributed by atoms with Crippen LogP contribution >= 0.6 is 0 Å². The van der Waals surface area contributed by atoms with E-state index in [0.717, 1.165) is 22.4 Å². The molecule has 0 aliphatic carbocycles. The minimum Gasteiger partial charge on any atom is -0.495 e. The third-order valence-corrected chi connectivity index (χ3v) is 9.23. The SMILES string of the molecule is COc1ccccc1S(=O)(=O)N1CC[C@H]2[C@@H](CO)N(C)c3ccc(-c4ccc(C#N)cc4)cc3[C@H]21. The summed E-state index contributed by atoms with van der Waals surface area (Å²) in [6, 6.07) is 21.6. The van der Waals surface area contributed by atoms with E-state index in [1.54, 1.807) is 40.7 Å². The number of sulfonamides is 1. The summed E-state index contributed by atoms with van der Waals surface area (Å²) in [5.41, 5.74) is 4.31. The molecule has 0 aromatic heterocycles. The number of hydrogen-bond acceptors (Lipinski definition) is 6. The van der Waals surface area contributed by atoms with E-state index in [4.69, 9.17) is 10.00 Å². The van der Waals surface area contributed by atoms with E-state index < -0.39 is 16.1 Å². The van der Waals surface area contributed by atoms with Crippen LogP contribution in [0.4, 0.5) is 5.69 Å². The van der Waals surface area contributed by atoms with E-state index in [0.29, 0.717) is 24.3 Å². The van der Waals surface area contributed by atoms with Gasteiger partial charge in [0.15, 0.2) is 0 Å². The number of aliphatic hydroxyl groups excluding tert-OH is 1. The second-order valence-corrected chi connectivity index (χ2v) is 10.8. The molecule has 180 valence electrons. The number of benzene rings is 3. The molecular weight excluding hydrogens is 462 g/mol. The van der Waals surface area contributed by atoms with Crippen LogP contribution in [0.15, 0.2) is 71.6 Å². The molecule has 2 aliphatic rings. The number of nitrogens with zero attached hydrogens (tertiary/aromatic N) is 3. The van der Waals surface area contributed by atoms with Crippen LogP contribution in [0.5, 0.6) is 5.75 Å². The molecule has 0 unspecified atom stereocenters. The molecule has 1 saturated heterocycles. The van der Waals surface area contributed by atoms with Gasteiger partial charge < -0.3 is 14.7 Å². The molecule has 0 saturated carbocycles. The predicted molar refractivity (Wildman–Crippen MR) is 134 cm³/mol. The second kappa shape index (κ2) is 9.00. The molecular formula is C27H27N3O4S. The Balaban J connectivity index is 1.64. The number of anilines is 1. The predicted octanol–water partition coefficient (Wildman–Crippen LogP) is 3.80. The zero-order chi connectivity index (χ0) is 24.7. The number of nitriles is 1. The van der Waals surface area contributed by atoms with Gasteiger partial charge in [0.2, 0.25) is 10.0 Å². The van der Waals surface area contributed by atoms with Crippen LogP contribution in [0.2, 0.25) is 0 Å². The topological polar surface area (TPSA) is 93.9 Å². The summed E-state index contributed by atoms with van der Waals surface area (Å²) in [5.74, 6) is 0.257. The van der Waals surface area contributed by atoms with Crippen LogP contribution in [0.25, 0.3) is 11.1 Å². The average Bonchev–Trinajstić information content (AvgIpc) is 3.35. The summed E-state index contributed by atoms with van der Waals surface area (Å²) >= 11 is 0. The van der Waals surface area contributed by atoms with Crippen LogP contribution in [0, 0.1) is 17.2 Å². The summed E-state index contributed by atoms with van der Waals surface area (Å²) in [5, 5.41) is 19.4. The molecule has 0 bridgehead atoms. The Morgan fingerprint density at radius 2 is 1.80 bits per heavy atom. The van der Waals surface area contributed by atoms with Gasteiger partial charge in [-0.1, -0.05) is 30.3 Å². The van der Waals surface area contributed by atoms with Crippen LogP contribution in [0.1, 0.15) is 23.6 Å². The molecule has 5 rings (SSSR count). The first-order valence-electron chi connectivity index (χ1n) is 11.5. The lowest BCUT2D eigenvalue weighted by Crippen LogP contribution is -2.48. The van der Waals surface area contributed by atoms with Crippen molar-refractivity contribution in [1.82, 2.24) is 4.31 Å². The summed E-state index contributed by atoms with van der Waals surface area (Å²) in [4.78, 5) is 2.21. The molecule has 0 spiro atoms. The summed E-state index contributed by atoms with van der Waals surface area (Å²) in [6.45, 7) is 0.303. The number of methoxy groups -OCH3 is 1. The van der Waals surface area contributed by atoms with E-state index in [-0.39, 0.29) is 23.5 Å². The second-order valence-electron chi connectivity index (χ2n) is 8.99. The number of fused-ring (bicyclic) bond motifs is 3. The van der Waals surface area contributed by atoms with E-state index in [1.807, 2.05) is 31.3 Å². The van der Waals surface area contributed by atoms with Crippen molar-refractivity contribution in [2.45, 2.75) is 23.4 Å². The number of likely N-dealkylation sites (N-methyl/N-ethyl adjacent to an activating group) is 1. The normalized spacial score (nSPS) is 21.8. The van der Waals surface area contributed by atoms with Gasteiger partial charge in [0.05, 0.1) is 37.4 Å². The maximum Gasteiger partial charge on any atom is 0.247 e. The maximum absolute atomic E-state index is 13.9. The summed E-state index contributed by atoms with van der Waals surface area (Å²) in [7, 11) is -0.435. The van der Waals surface area contributed by atoms with Crippen LogP contribution in [0.3, 0.4) is 0 Å². The highest BCUT2D eigenvalue weighted by atomic mass is 32.2. The monoisotopic (exact) mass is 489 g/mol. The van der Waals surface area contributed by atoms with Crippen molar-refractivity contribution < 1.29 is 18.3 Å². The number of hydrogen-bond donors (Lipinski definition) is 1. The van der Waals surface area contributed by atoms with Gasteiger partial charge >= 0.3 is 0 Å². The summed E-state index contributed by atoms with van der Waals surface area (Å²) < 4.78 is 34.8. The van der Waals surface area contributed by atoms with Crippen molar-refractivity contribution in [3.63, 3.8) is 0 Å². The van der Waals surface area contributed by atoms with E-state index in [1.165, 1.54) is 7.11 Å². The number of rotatable bonds is 5. The number of para-hydroxylation sites is 1. The molecule has 1 N–H and O–H groups in total. The Labute approximate surface area is 205 Å². The molecule has 35 heavy (non-hydrogen) atoms. The molecule has 3 aromatic rings. The van der Waals surface area contributed by atoms with Crippen molar-refractivity contribution >= 4 is 15.7 Å². The zero-order valence-corrected chi connectivity index (χ0v) is 20.4. The fourth-order valence-corrected chi connectivity index (χ4v) is 7.38. The Kier molecular flexibility index (Phi) is 6.01. The van der Waals surface area contributed by atoms with E-state index in [2.05, 4.69) is 17.0 Å². The van der Waals surface area contributed by atoms with Crippen molar-refractivity contribution in [2.24, 2.45) is 5.92 Å². The Bertz CT molecular complexity index is 1400. The third kappa shape index (κ3) is 3.76. The Morgan fingerprint density at radius 3 is 2.49 bits per heavy atom. The summed E-state index contributed by atoms with van der Waals surface area (Å²) in [6.07, 6.45) is 0.648. The van der Waals surface area contributed by atoms with Gasteiger partial charge in [-0.2, -0.15) is 9.57 Å². The lowest BCUT2D eigenvalue weighted by molar-refractivity contribution is 0.193. The van der Waals surface area contributed by atoms with Crippen molar-refractivity contribution in [3.05, 3.63) is 77.9 Å². The smallest absolute Gasteiger partial charge is 0.247 e. The zero-order valence-electron chi connectivity index (χ0n) is 19.6. The molecule has 3 atom stereocenters. The quantitative estimate of drug-likeness (QED) is 0.586. The highest BCUT2D eigenvalue weighted by Gasteiger charge is 2.50. The first kappa shape index (κ1) is 23.4. The highest BCUT2D eigenvalue weighted by molar-refractivity contribution is 7.89. The minimum atomic E-state index is -3.86. The van der Waals surface area contributed by atoms with E-state index >= 15 is 0 Å². The Morgan fingerprint density at radius 1 is 1.09 bits per heavy atom. The van der Waals surface area contributed by atoms with Crippen molar-refractivity contribution in [3.8, 4) is 22.9 Å². The third-order valence-electron chi connectivity index (χ3n) is 7.31. The maximum atomic E-state index is 13.9. The van der Waals surface area contributed by atoms with E-state index in [9.17, 15) is 13.5 Å². The van der Waals surface area contributed by atoms with Crippen LogP contribution in [-0.4, -0.2) is 51.2 Å². The molecule has 3 aromatic carbocycles. The lowest BCUT2D eigenvalue weighted by Gasteiger charge is -2.44. The van der Waals surface area contributed by atoms with Gasteiger partial charge in [0, 0.05) is 25.2 Å². The number of ether oxygens (including phenoxy) is 1. The fourth-order valence-electron chi connectivity index (χ4n) is 5.56. The minimum absolute atomic E-state index is 0.0572. The first-order valence-corrected chi connectivity index (χ1v) is 13.0. The first-order chi connectivity index (χ1) is 16.9. The standard InChI is InChI=1S/C27H27N3O4S/c1-29-23-12-11-20(19-9-7-18(16-28)8-10-19)15-22(23)27-21(24(29)17-31)13-14-30(27)35(32,33)26-6-4-3-5-25(26)34-2/h3-12,15,21,24,27,31H,13-14,17H2,1-2H3/t21-,24+,27-/m0/s1. The molecule has 1 fully saturated rings. The molecule has 7 nitrogen and oxygen atoms in total. The van der Waals surface area contributed by atoms with Crippen LogP contribution in [-0.2, 0) is 10.0 Å². The molecule has 0 amide bonds. The van der Waals surface area contributed by atoms with Gasteiger partial charge in [-0.15, -0.1) is 0 Å². The van der Waals surface area contributed by atoms with Crippen LogP contribution < -0.4 is 9.64 Å².